The lowest BCUT2D eigenvalue weighted by atomic mass is 9.77. The molecule has 2 aromatic carbocycles. The van der Waals surface area contributed by atoms with E-state index in [1.807, 2.05) is 0 Å². The Hall–Kier alpha value is -3.94. The van der Waals surface area contributed by atoms with E-state index in [1.54, 1.807) is 25.2 Å². The Morgan fingerprint density at radius 3 is 2.33 bits per heavy atom. The molecule has 0 fully saturated rings. The van der Waals surface area contributed by atoms with Gasteiger partial charge in [-0.2, -0.15) is 30.7 Å². The minimum Gasteiger partial charge on any atom is -0.494 e. The van der Waals surface area contributed by atoms with Gasteiger partial charge in [0.2, 0.25) is 0 Å². The molecule has 3 rings (SSSR count). The van der Waals surface area contributed by atoms with Crippen LogP contribution < -0.4 is 14.8 Å². The average Bonchev–Trinajstić information content (AvgIpc) is 3.28. The maximum Gasteiger partial charge on any atom is 0.461 e. The number of anilines is 1. The number of hydrogen-bond acceptors (Lipinski definition) is 5. The third-order valence-corrected chi connectivity index (χ3v) is 6.96. The number of halogens is 9. The molecule has 0 saturated carbocycles. The van der Waals surface area contributed by atoms with Crippen molar-refractivity contribution in [2.24, 2.45) is 0 Å². The molecule has 1 N–H and O–H groups in total. The van der Waals surface area contributed by atoms with Gasteiger partial charge in [0.1, 0.15) is 11.6 Å². The van der Waals surface area contributed by atoms with Gasteiger partial charge in [0, 0.05) is 10.9 Å². The van der Waals surface area contributed by atoms with Crippen LogP contribution in [0.3, 0.4) is 0 Å². The van der Waals surface area contributed by atoms with E-state index in [4.69, 9.17) is 4.74 Å². The third-order valence-electron chi connectivity index (χ3n) is 6.07. The molecular formula is C29H25F9N2O2S. The second kappa shape index (κ2) is 13.1. The van der Waals surface area contributed by atoms with Crippen molar-refractivity contribution in [1.82, 2.24) is 4.98 Å². The van der Waals surface area contributed by atoms with Crippen LogP contribution in [0.1, 0.15) is 35.0 Å². The SMILES string of the molecule is C=C/C=C\C=C(/C)C[C@@](Nc1nc(C(F)(F)F)c(C)s1)(c1cc(F)cc(OC(F)(F)C(F)F)c1)c1ccc(F)c(OC)c1. The van der Waals surface area contributed by atoms with Crippen LogP contribution in [0.15, 0.2) is 72.9 Å². The molecule has 0 aliphatic heterocycles. The Labute approximate surface area is 245 Å². The monoisotopic (exact) mass is 636 g/mol. The Kier molecular flexibility index (Phi) is 10.3. The second-order valence-corrected chi connectivity index (χ2v) is 10.5. The molecule has 1 aromatic heterocycles. The fraction of sp³-hybridized carbons (Fsp3) is 0.276. The molecule has 232 valence electrons. The highest BCUT2D eigenvalue weighted by Gasteiger charge is 2.45. The van der Waals surface area contributed by atoms with Crippen molar-refractivity contribution in [3.05, 3.63) is 106 Å². The Morgan fingerprint density at radius 2 is 1.74 bits per heavy atom. The molecule has 1 atom stereocenters. The summed E-state index contributed by atoms with van der Waals surface area (Å²) >= 11 is 0.603. The van der Waals surface area contributed by atoms with Crippen molar-refractivity contribution in [3.63, 3.8) is 0 Å². The molecule has 4 nitrogen and oxygen atoms in total. The van der Waals surface area contributed by atoms with Crippen LogP contribution in [-0.4, -0.2) is 24.6 Å². The van der Waals surface area contributed by atoms with Gasteiger partial charge in [-0.05, 0) is 55.7 Å². The summed E-state index contributed by atoms with van der Waals surface area (Å²) in [5, 5.41) is 2.56. The lowest BCUT2D eigenvalue weighted by Gasteiger charge is -2.37. The highest BCUT2D eigenvalue weighted by atomic mass is 32.1. The van der Waals surface area contributed by atoms with Gasteiger partial charge in [-0.15, -0.1) is 11.3 Å². The number of rotatable bonds is 12. The summed E-state index contributed by atoms with van der Waals surface area (Å²) in [7, 11) is 1.16. The highest BCUT2D eigenvalue weighted by molar-refractivity contribution is 7.15. The van der Waals surface area contributed by atoms with Gasteiger partial charge in [0.15, 0.2) is 22.4 Å². The Bertz CT molecular complexity index is 1520. The number of hydrogen-bond donors (Lipinski definition) is 1. The summed E-state index contributed by atoms with van der Waals surface area (Å²) < 4.78 is 133. The first-order valence-electron chi connectivity index (χ1n) is 12.3. The first-order chi connectivity index (χ1) is 20.0. The van der Waals surface area contributed by atoms with E-state index in [2.05, 4.69) is 21.6 Å². The van der Waals surface area contributed by atoms with Crippen molar-refractivity contribution in [2.75, 3.05) is 12.4 Å². The molecule has 0 bridgehead atoms. The third kappa shape index (κ3) is 7.92. The van der Waals surface area contributed by atoms with Crippen molar-refractivity contribution in [2.45, 2.75) is 44.5 Å². The van der Waals surface area contributed by atoms with E-state index in [9.17, 15) is 39.5 Å². The zero-order valence-corrected chi connectivity index (χ0v) is 23.7. The smallest absolute Gasteiger partial charge is 0.461 e. The summed E-state index contributed by atoms with van der Waals surface area (Å²) in [5.74, 6) is -3.32. The fourth-order valence-electron chi connectivity index (χ4n) is 4.23. The normalized spacial score (nSPS) is 14.2. The second-order valence-electron chi connectivity index (χ2n) is 9.25. The number of methoxy groups -OCH3 is 1. The number of thiazole rings is 1. The van der Waals surface area contributed by atoms with E-state index < -0.39 is 47.3 Å². The van der Waals surface area contributed by atoms with Crippen molar-refractivity contribution in [3.8, 4) is 11.5 Å². The van der Waals surface area contributed by atoms with Gasteiger partial charge in [-0.25, -0.2) is 13.8 Å². The van der Waals surface area contributed by atoms with Gasteiger partial charge in [0.25, 0.3) is 0 Å². The van der Waals surface area contributed by atoms with Crippen LogP contribution in [0, 0.1) is 18.6 Å². The number of benzene rings is 2. The first-order valence-corrected chi connectivity index (χ1v) is 13.1. The van der Waals surface area contributed by atoms with E-state index in [0.717, 1.165) is 25.3 Å². The van der Waals surface area contributed by atoms with Crippen LogP contribution in [-0.2, 0) is 11.7 Å². The van der Waals surface area contributed by atoms with Gasteiger partial charge >= 0.3 is 18.7 Å². The van der Waals surface area contributed by atoms with Gasteiger partial charge < -0.3 is 14.8 Å². The number of nitrogens with one attached hydrogen (secondary N) is 1. The van der Waals surface area contributed by atoms with Gasteiger partial charge in [-0.1, -0.05) is 42.5 Å². The van der Waals surface area contributed by atoms with Crippen LogP contribution in [0.25, 0.3) is 0 Å². The molecule has 0 unspecified atom stereocenters. The average molecular weight is 637 g/mol. The van der Waals surface area contributed by atoms with Gasteiger partial charge in [-0.3, -0.25) is 0 Å². The maximum absolute atomic E-state index is 15.0. The predicted molar refractivity (Wildman–Crippen MR) is 145 cm³/mol. The molecule has 0 aliphatic rings. The Morgan fingerprint density at radius 1 is 1.05 bits per heavy atom. The van der Waals surface area contributed by atoms with Crippen molar-refractivity contribution >= 4 is 16.5 Å². The first kappa shape index (κ1) is 33.6. The molecule has 0 aliphatic carbocycles. The summed E-state index contributed by atoms with van der Waals surface area (Å²) in [5.41, 5.74) is -2.75. The predicted octanol–water partition coefficient (Wildman–Crippen LogP) is 9.43. The standard InChI is InChI=1S/C29H25F9N2O2S/c1-5-6-7-8-16(2)15-27(18-9-10-22(31)23(13-18)41-4,40-26-39-24(17(3)43-26)28(34,35)36)19-11-20(30)14-21(12-19)42-29(37,38)25(32)33/h5-14,25H,1,15H2,2-4H3,(H,39,40)/b7-6-,16-8+/t27-/m0/s1. The summed E-state index contributed by atoms with van der Waals surface area (Å²) in [6, 6.07) is 5.52. The Balaban J connectivity index is 2.39. The molecule has 0 radical (unpaired) electrons. The topological polar surface area (TPSA) is 43.4 Å². The quantitative estimate of drug-likeness (QED) is 0.159. The number of ether oxygens (including phenoxy) is 2. The van der Waals surface area contributed by atoms with E-state index >= 15 is 0 Å². The molecule has 43 heavy (non-hydrogen) atoms. The minimum absolute atomic E-state index is 0.0739. The van der Waals surface area contributed by atoms with Gasteiger partial charge in [0.05, 0.1) is 12.6 Å². The minimum atomic E-state index is -5.00. The molecule has 3 aromatic rings. The van der Waals surface area contributed by atoms with Crippen molar-refractivity contribution in [1.29, 1.82) is 0 Å². The fourth-order valence-corrected chi connectivity index (χ4v) is 5.14. The lowest BCUT2D eigenvalue weighted by molar-refractivity contribution is -0.253. The molecule has 0 spiro atoms. The van der Waals surface area contributed by atoms with Crippen molar-refractivity contribution < 1.29 is 49.0 Å². The number of aromatic nitrogens is 1. The number of allylic oxidation sites excluding steroid dienone is 4. The lowest BCUT2D eigenvalue weighted by Crippen LogP contribution is -2.38. The molecular weight excluding hydrogens is 611 g/mol. The molecule has 14 heteroatoms. The molecule has 0 saturated heterocycles. The van der Waals surface area contributed by atoms with E-state index in [-0.39, 0.29) is 33.3 Å². The highest BCUT2D eigenvalue weighted by Crippen LogP contribution is 2.45. The summed E-state index contributed by atoms with van der Waals surface area (Å²) in [6.45, 7) is 6.35. The van der Waals surface area contributed by atoms with E-state index in [1.165, 1.54) is 25.1 Å². The summed E-state index contributed by atoms with van der Waals surface area (Å²) in [4.78, 5) is 3.45. The molecule has 0 amide bonds. The van der Waals surface area contributed by atoms with Crippen LogP contribution in [0.2, 0.25) is 0 Å². The molecule has 1 heterocycles. The zero-order valence-electron chi connectivity index (χ0n) is 22.8. The van der Waals surface area contributed by atoms with Crippen LogP contribution >= 0.6 is 11.3 Å². The van der Waals surface area contributed by atoms with Crippen LogP contribution in [0.5, 0.6) is 11.5 Å². The largest absolute Gasteiger partial charge is 0.494 e. The van der Waals surface area contributed by atoms with E-state index in [0.29, 0.717) is 23.0 Å². The summed E-state index contributed by atoms with van der Waals surface area (Å²) in [6.07, 6.45) is -8.09. The number of nitrogens with zero attached hydrogens (tertiary/aromatic N) is 1. The number of alkyl halides is 7. The zero-order chi connectivity index (χ0) is 32.2. The maximum atomic E-state index is 15.0. The van der Waals surface area contributed by atoms with Crippen LogP contribution in [0.4, 0.5) is 44.6 Å². The number of aryl methyl sites for hydroxylation is 1.